The number of aliphatic carboxylic acids is 1. The third kappa shape index (κ3) is 4.25. The fourth-order valence-corrected chi connectivity index (χ4v) is 6.90. The lowest BCUT2D eigenvalue weighted by Crippen LogP contribution is -2.71. The van der Waals surface area contributed by atoms with Gasteiger partial charge in [-0.05, 0) is 6.07 Å². The van der Waals surface area contributed by atoms with E-state index in [1.807, 2.05) is 0 Å². The topological polar surface area (TPSA) is 206 Å². The van der Waals surface area contributed by atoms with Crippen molar-refractivity contribution in [2.45, 2.75) is 18.0 Å². The molecule has 3 aromatic heterocycles. The third-order valence-electron chi connectivity index (χ3n) is 5.86. The van der Waals surface area contributed by atoms with Crippen LogP contribution in [0.5, 0.6) is 0 Å². The van der Waals surface area contributed by atoms with E-state index in [0.717, 1.165) is 27.8 Å². The number of nitrogens with one attached hydrogen (secondary N) is 1. The molecule has 0 radical (unpaired) electrons. The van der Waals surface area contributed by atoms with Crippen LogP contribution >= 0.6 is 34.6 Å². The average molecular weight is 580 g/mol. The number of aryl methyl sites for hydroxylation is 1. The van der Waals surface area contributed by atoms with Crippen LogP contribution in [0.25, 0.3) is 10.2 Å². The van der Waals surface area contributed by atoms with Crippen molar-refractivity contribution in [3.05, 3.63) is 34.2 Å². The van der Waals surface area contributed by atoms with Crippen molar-refractivity contribution >= 4 is 79.4 Å². The molecule has 0 unspecified atom stereocenters. The Labute approximate surface area is 225 Å². The normalized spacial score (nSPS) is 19.4. The summed E-state index contributed by atoms with van der Waals surface area (Å²) in [5, 5.41) is 25.6. The summed E-state index contributed by atoms with van der Waals surface area (Å²) >= 11 is 3.29. The molecule has 38 heavy (non-hydrogen) atoms. The number of nitrogen functional groups attached to an aromatic ring is 1. The van der Waals surface area contributed by atoms with E-state index in [-0.39, 0.29) is 39.5 Å². The molecule has 2 aliphatic heterocycles. The molecule has 5 heterocycles. The van der Waals surface area contributed by atoms with E-state index in [1.165, 1.54) is 18.9 Å². The van der Waals surface area contributed by atoms with Gasteiger partial charge in [0.25, 0.3) is 11.8 Å². The van der Waals surface area contributed by atoms with Crippen molar-refractivity contribution in [3.8, 4) is 0 Å². The van der Waals surface area contributed by atoms with E-state index in [9.17, 15) is 29.4 Å². The fourth-order valence-electron chi connectivity index (χ4n) is 4.18. The zero-order valence-corrected chi connectivity index (χ0v) is 22.1. The number of aromatic nitrogens is 4. The number of fused-ring (bicyclic) bond motifs is 2. The first-order valence-corrected chi connectivity index (χ1v) is 13.4. The van der Waals surface area contributed by atoms with Gasteiger partial charge in [0.2, 0.25) is 17.7 Å². The molecule has 0 bridgehead atoms. The van der Waals surface area contributed by atoms with Crippen molar-refractivity contribution in [2.75, 3.05) is 18.6 Å². The molecular weight excluding hydrogens is 560 g/mol. The number of anilines is 1. The van der Waals surface area contributed by atoms with Crippen molar-refractivity contribution in [3.63, 3.8) is 0 Å². The highest BCUT2D eigenvalue weighted by Gasteiger charge is 2.55. The summed E-state index contributed by atoms with van der Waals surface area (Å²) in [5.41, 5.74) is 5.66. The quantitative estimate of drug-likeness (QED) is 0.115. The number of hydrogen-bond donors (Lipinski definition) is 4. The molecule has 5 N–H and O–H groups in total. The Morgan fingerprint density at radius 2 is 2.11 bits per heavy atom. The van der Waals surface area contributed by atoms with Gasteiger partial charge >= 0.3 is 11.9 Å². The number of oxime groups is 1. The van der Waals surface area contributed by atoms with Gasteiger partial charge in [0.1, 0.15) is 29.1 Å². The molecular formula is C20H19N8O7S3+. The van der Waals surface area contributed by atoms with Crippen molar-refractivity contribution in [2.24, 2.45) is 12.2 Å². The Hall–Kier alpha value is -4.03. The summed E-state index contributed by atoms with van der Waals surface area (Å²) < 4.78 is 7.44. The van der Waals surface area contributed by atoms with Gasteiger partial charge in [0, 0.05) is 22.9 Å². The van der Waals surface area contributed by atoms with Gasteiger partial charge in [0.05, 0.1) is 12.4 Å². The number of carbonyl (C=O) groups excluding carboxylic acids is 2. The first-order valence-electron chi connectivity index (χ1n) is 10.7. The number of carboxylic acid groups (broad SMARTS) is 2. The van der Waals surface area contributed by atoms with Crippen LogP contribution in [0.2, 0.25) is 0 Å². The number of aromatic carboxylic acids is 1. The van der Waals surface area contributed by atoms with Crippen LogP contribution in [-0.4, -0.2) is 82.9 Å². The largest absolute Gasteiger partial charge is 0.477 e. The van der Waals surface area contributed by atoms with Gasteiger partial charge < -0.3 is 26.1 Å². The predicted molar refractivity (Wildman–Crippen MR) is 136 cm³/mol. The van der Waals surface area contributed by atoms with E-state index < -0.39 is 35.2 Å². The summed E-state index contributed by atoms with van der Waals surface area (Å²) in [6.45, 7) is 0.171. The molecule has 198 valence electrons. The minimum atomic E-state index is -1.27. The van der Waals surface area contributed by atoms with Crippen molar-refractivity contribution in [1.29, 1.82) is 0 Å². The zero-order chi connectivity index (χ0) is 27.3. The summed E-state index contributed by atoms with van der Waals surface area (Å²) in [6.07, 6.45) is 1.73. The number of nitrogens with two attached hydrogens (primary N) is 1. The summed E-state index contributed by atoms with van der Waals surface area (Å²) in [6, 6.07) is 0.559. The van der Waals surface area contributed by atoms with Crippen molar-refractivity contribution in [1.82, 2.24) is 24.3 Å². The Morgan fingerprint density at radius 1 is 1.34 bits per heavy atom. The van der Waals surface area contributed by atoms with Crippen LogP contribution in [0.4, 0.5) is 5.13 Å². The smallest absolute Gasteiger partial charge is 0.352 e. The summed E-state index contributed by atoms with van der Waals surface area (Å²) in [5.74, 6) is -3.41. The maximum absolute atomic E-state index is 13.0. The van der Waals surface area contributed by atoms with Gasteiger partial charge in [-0.3, -0.25) is 14.5 Å². The van der Waals surface area contributed by atoms with E-state index in [4.69, 9.17) is 10.6 Å². The molecule has 18 heteroatoms. The molecule has 1 saturated heterocycles. The predicted octanol–water partition coefficient (Wildman–Crippen LogP) is -0.551. The standard InChI is InChI=1S/C20H18N8O7S3/c1-26-16-7(3-9(37-16)18(31)32)4-27(26)5-8-6-36-17-11(15(30)28(17)12(8)19(33)34)22-14(29)10(24-35-2)13-23-20(21)38-25-13/h3-4,11,17H,5-6H2,1-2H3,(H4-,21,22,23,25,29,31,32,33,34)/p+1/b24-10-/t11-,17-/m1/s1. The van der Waals surface area contributed by atoms with E-state index in [0.29, 0.717) is 15.8 Å². The third-order valence-corrected chi connectivity index (χ3v) is 8.95. The number of nitrogens with zero attached hydrogens (tertiary/aromatic N) is 6. The van der Waals surface area contributed by atoms with Gasteiger partial charge in [-0.1, -0.05) is 5.16 Å². The number of β-lactam (4-membered cyclic amide) rings is 1. The second-order valence-corrected chi connectivity index (χ2v) is 11.0. The minimum Gasteiger partial charge on any atom is -0.477 e. The maximum atomic E-state index is 13.0. The van der Waals surface area contributed by atoms with Gasteiger partial charge in [0.15, 0.2) is 16.5 Å². The Balaban J connectivity index is 1.37. The SMILES string of the molecule is CO/N=C(\C(=O)N[C@@H]1C(=O)N2C(C(=O)O)=C(C[n+]3cc4cc(C(=O)O)sc4n3C)CS[C@H]12)c1nsc(N)n1. The number of rotatable bonds is 8. The Morgan fingerprint density at radius 3 is 2.71 bits per heavy atom. The molecule has 2 aliphatic rings. The fraction of sp³-hybridized carbons (Fsp3) is 0.300. The van der Waals surface area contributed by atoms with Gasteiger partial charge in [-0.15, -0.1) is 32.5 Å². The number of thioether (sulfide) groups is 1. The number of carbonyl (C=O) groups is 4. The molecule has 0 saturated carbocycles. The van der Waals surface area contributed by atoms with Gasteiger partial charge in [-0.25, -0.2) is 9.59 Å². The first-order chi connectivity index (χ1) is 18.1. The zero-order valence-electron chi connectivity index (χ0n) is 19.6. The molecule has 0 spiro atoms. The summed E-state index contributed by atoms with van der Waals surface area (Å²) in [7, 11) is 2.98. The van der Waals surface area contributed by atoms with Crippen LogP contribution in [0.1, 0.15) is 15.5 Å². The Kier molecular flexibility index (Phi) is 6.53. The van der Waals surface area contributed by atoms with Crippen LogP contribution in [0.15, 0.2) is 28.7 Å². The number of thiophene rings is 1. The first kappa shape index (κ1) is 25.6. The van der Waals surface area contributed by atoms with Crippen LogP contribution in [0, 0.1) is 0 Å². The van der Waals surface area contributed by atoms with Crippen LogP contribution < -0.4 is 15.7 Å². The van der Waals surface area contributed by atoms with Gasteiger partial charge in [-0.2, -0.15) is 9.36 Å². The van der Waals surface area contributed by atoms with E-state index in [1.54, 1.807) is 28.7 Å². The second-order valence-electron chi connectivity index (χ2n) is 8.12. The number of amides is 2. The molecule has 2 atom stereocenters. The second kappa shape index (κ2) is 9.69. The lowest BCUT2D eigenvalue weighted by Gasteiger charge is -2.49. The minimum absolute atomic E-state index is 0.0600. The number of hydrogen-bond acceptors (Lipinski definition) is 12. The number of carboxylic acids is 2. The molecule has 3 aromatic rings. The molecule has 0 aromatic carbocycles. The van der Waals surface area contributed by atoms with E-state index in [2.05, 4.69) is 19.8 Å². The summed E-state index contributed by atoms with van der Waals surface area (Å²) in [4.78, 5) is 60.1. The molecule has 5 rings (SSSR count). The maximum Gasteiger partial charge on any atom is 0.352 e. The molecule has 15 nitrogen and oxygen atoms in total. The van der Waals surface area contributed by atoms with Crippen molar-refractivity contribution < 1.29 is 38.9 Å². The van der Waals surface area contributed by atoms with Crippen LogP contribution in [-0.2, 0) is 32.8 Å². The highest BCUT2D eigenvalue weighted by atomic mass is 32.2. The lowest BCUT2D eigenvalue weighted by atomic mass is 10.0. The lowest BCUT2D eigenvalue weighted by molar-refractivity contribution is -0.764. The average Bonchev–Trinajstić information content (AvgIpc) is 3.57. The van der Waals surface area contributed by atoms with Crippen LogP contribution in [0.3, 0.4) is 0 Å². The van der Waals surface area contributed by atoms with E-state index >= 15 is 0 Å². The molecule has 0 aliphatic carbocycles. The monoisotopic (exact) mass is 579 g/mol. The molecule has 2 amide bonds. The highest BCUT2D eigenvalue weighted by molar-refractivity contribution is 8.00. The molecule has 1 fully saturated rings. The highest BCUT2D eigenvalue weighted by Crippen LogP contribution is 2.40. The Bertz CT molecular complexity index is 1570.